The Labute approximate surface area is 133 Å². The van der Waals surface area contributed by atoms with E-state index < -0.39 is 0 Å². The first-order chi connectivity index (χ1) is 10.6. The summed E-state index contributed by atoms with van der Waals surface area (Å²) in [5.74, 6) is -0.191. The second kappa shape index (κ2) is 6.01. The van der Waals surface area contributed by atoms with Gasteiger partial charge >= 0.3 is 0 Å². The van der Waals surface area contributed by atoms with E-state index in [-0.39, 0.29) is 30.3 Å². The molecule has 1 aromatic rings. The van der Waals surface area contributed by atoms with Gasteiger partial charge in [0.2, 0.25) is 11.8 Å². The molecular formula is C16H17ClN2O3. The molecule has 1 heterocycles. The van der Waals surface area contributed by atoms with Crippen molar-refractivity contribution in [1.29, 1.82) is 0 Å². The summed E-state index contributed by atoms with van der Waals surface area (Å²) in [4.78, 5) is 26.1. The lowest BCUT2D eigenvalue weighted by molar-refractivity contribution is -0.139. The van der Waals surface area contributed by atoms with Gasteiger partial charge in [0, 0.05) is 5.03 Å². The maximum atomic E-state index is 12.4. The Bertz CT molecular complexity index is 644. The van der Waals surface area contributed by atoms with Crippen LogP contribution in [0.25, 0.3) is 0 Å². The normalized spacial score (nSPS) is 24.1. The molecule has 2 amide bonds. The molecule has 116 valence electrons. The molecule has 0 radical (unpaired) electrons. The molecule has 2 aliphatic rings. The molecule has 0 spiro atoms. The number of halogens is 1. The molecule has 0 bridgehead atoms. The predicted molar refractivity (Wildman–Crippen MR) is 83.5 cm³/mol. The summed E-state index contributed by atoms with van der Waals surface area (Å²) in [5.41, 5.74) is 0.747. The van der Waals surface area contributed by atoms with Crippen molar-refractivity contribution in [2.45, 2.75) is 12.8 Å². The molecular weight excluding hydrogens is 304 g/mol. The Morgan fingerprint density at radius 1 is 1.27 bits per heavy atom. The maximum Gasteiger partial charge on any atom is 0.234 e. The minimum atomic E-state index is -0.315. The highest BCUT2D eigenvalue weighted by Crippen LogP contribution is 2.38. The van der Waals surface area contributed by atoms with Crippen molar-refractivity contribution in [1.82, 2.24) is 4.90 Å². The van der Waals surface area contributed by atoms with Crippen LogP contribution in [0.2, 0.25) is 0 Å². The zero-order valence-electron chi connectivity index (χ0n) is 12.2. The number of fused-ring (bicyclic) bond motifs is 1. The van der Waals surface area contributed by atoms with Crippen LogP contribution in [0.15, 0.2) is 35.4 Å². The predicted octanol–water partition coefficient (Wildman–Crippen LogP) is 2.58. The van der Waals surface area contributed by atoms with Crippen molar-refractivity contribution in [3.63, 3.8) is 0 Å². The van der Waals surface area contributed by atoms with E-state index in [4.69, 9.17) is 16.3 Å². The average molecular weight is 321 g/mol. The molecule has 0 saturated carbocycles. The molecule has 6 heteroatoms. The number of benzene rings is 1. The number of para-hydroxylation sites is 2. The summed E-state index contributed by atoms with van der Waals surface area (Å²) in [7, 11) is 1.58. The van der Waals surface area contributed by atoms with Crippen molar-refractivity contribution in [3.05, 3.63) is 35.4 Å². The van der Waals surface area contributed by atoms with Gasteiger partial charge in [-0.05, 0) is 25.0 Å². The second-order valence-electron chi connectivity index (χ2n) is 5.44. The highest BCUT2D eigenvalue weighted by molar-refractivity contribution is 6.30. The van der Waals surface area contributed by atoms with Gasteiger partial charge in [-0.2, -0.15) is 0 Å². The lowest BCUT2D eigenvalue weighted by Gasteiger charge is -2.18. The number of amides is 2. The summed E-state index contributed by atoms with van der Waals surface area (Å²) < 4.78 is 5.25. The third-order valence-electron chi connectivity index (χ3n) is 4.19. The number of nitrogens with one attached hydrogen (secondary N) is 1. The van der Waals surface area contributed by atoms with Gasteiger partial charge in [-0.3, -0.25) is 14.5 Å². The van der Waals surface area contributed by atoms with E-state index in [1.807, 2.05) is 30.3 Å². The van der Waals surface area contributed by atoms with Gasteiger partial charge in [0.1, 0.15) is 5.75 Å². The number of hydrogen-bond acceptors (Lipinski definition) is 4. The van der Waals surface area contributed by atoms with Gasteiger partial charge in [0.05, 0.1) is 31.3 Å². The van der Waals surface area contributed by atoms with E-state index in [0.717, 1.165) is 5.69 Å². The molecule has 3 rings (SSSR count). The van der Waals surface area contributed by atoms with Gasteiger partial charge in [-0.25, -0.2) is 0 Å². The summed E-state index contributed by atoms with van der Waals surface area (Å²) in [6.07, 6.45) is 2.84. The number of imide groups is 1. The Hall–Kier alpha value is -2.01. The number of ether oxygens (including phenoxy) is 1. The highest BCUT2D eigenvalue weighted by atomic mass is 35.5. The third-order valence-corrected chi connectivity index (χ3v) is 4.50. The van der Waals surface area contributed by atoms with Crippen molar-refractivity contribution in [3.8, 4) is 5.75 Å². The van der Waals surface area contributed by atoms with E-state index in [9.17, 15) is 9.59 Å². The van der Waals surface area contributed by atoms with Crippen LogP contribution in [0.5, 0.6) is 5.75 Å². The van der Waals surface area contributed by atoms with Gasteiger partial charge < -0.3 is 10.1 Å². The number of likely N-dealkylation sites (tertiary alicyclic amines) is 1. The molecule has 0 aromatic heterocycles. The van der Waals surface area contributed by atoms with E-state index in [1.165, 1.54) is 4.90 Å². The minimum absolute atomic E-state index is 0.127. The Morgan fingerprint density at radius 3 is 2.77 bits per heavy atom. The first-order valence-corrected chi connectivity index (χ1v) is 7.56. The monoisotopic (exact) mass is 320 g/mol. The zero-order valence-corrected chi connectivity index (χ0v) is 13.0. The molecule has 1 aromatic carbocycles. The molecule has 1 aliphatic heterocycles. The van der Waals surface area contributed by atoms with Crippen LogP contribution in [0, 0.1) is 11.8 Å². The summed E-state index contributed by atoms with van der Waals surface area (Å²) in [6, 6.07) is 7.38. The maximum absolute atomic E-state index is 12.4. The lowest BCUT2D eigenvalue weighted by Crippen LogP contribution is -2.35. The van der Waals surface area contributed by atoms with Crippen LogP contribution in [0.1, 0.15) is 12.8 Å². The molecule has 0 unspecified atom stereocenters. The van der Waals surface area contributed by atoms with E-state index in [1.54, 1.807) is 7.11 Å². The van der Waals surface area contributed by atoms with E-state index >= 15 is 0 Å². The molecule has 1 saturated heterocycles. The van der Waals surface area contributed by atoms with E-state index in [2.05, 4.69) is 5.32 Å². The molecule has 1 aliphatic carbocycles. The zero-order chi connectivity index (χ0) is 15.7. The third kappa shape index (κ3) is 2.57. The number of nitrogens with zero attached hydrogens (tertiary/aromatic N) is 1. The van der Waals surface area contributed by atoms with Crippen molar-refractivity contribution in [2.75, 3.05) is 19.1 Å². The molecule has 5 nitrogen and oxygen atoms in total. The van der Waals surface area contributed by atoms with Crippen LogP contribution in [-0.4, -0.2) is 30.5 Å². The lowest BCUT2D eigenvalue weighted by atomic mass is 9.85. The fourth-order valence-corrected chi connectivity index (χ4v) is 3.26. The minimum Gasteiger partial charge on any atom is -0.495 e. The van der Waals surface area contributed by atoms with Crippen molar-refractivity contribution in [2.24, 2.45) is 11.8 Å². The standard InChI is InChI=1S/C16H17ClN2O3/c1-22-14-5-3-2-4-13(14)18-9-19-15(20)11-7-6-10(17)8-12(11)16(19)21/h2-6,11-12,18H,7-9H2,1H3/t11-,12-/m0/s1. The van der Waals surface area contributed by atoms with Crippen LogP contribution in [-0.2, 0) is 9.59 Å². The van der Waals surface area contributed by atoms with Crippen molar-refractivity contribution < 1.29 is 14.3 Å². The van der Waals surface area contributed by atoms with Gasteiger partial charge in [-0.1, -0.05) is 29.8 Å². The summed E-state index contributed by atoms with van der Waals surface area (Å²) >= 11 is 6.00. The first-order valence-electron chi connectivity index (χ1n) is 7.18. The van der Waals surface area contributed by atoms with Crippen LogP contribution < -0.4 is 10.1 Å². The number of rotatable bonds is 4. The highest BCUT2D eigenvalue weighted by Gasteiger charge is 2.48. The molecule has 1 N–H and O–H groups in total. The molecule has 2 atom stereocenters. The van der Waals surface area contributed by atoms with Crippen LogP contribution in [0.4, 0.5) is 5.69 Å². The first kappa shape index (κ1) is 14.9. The second-order valence-corrected chi connectivity index (χ2v) is 5.93. The smallest absolute Gasteiger partial charge is 0.234 e. The number of allylic oxidation sites excluding steroid dienone is 2. The SMILES string of the molecule is COc1ccccc1NCN1C(=O)[C@H]2CC=C(Cl)C[C@@H]2C1=O. The van der Waals surface area contributed by atoms with E-state index in [0.29, 0.717) is 23.6 Å². The van der Waals surface area contributed by atoms with Gasteiger partial charge in [0.25, 0.3) is 0 Å². The molecule has 22 heavy (non-hydrogen) atoms. The number of anilines is 1. The Balaban J connectivity index is 1.71. The largest absolute Gasteiger partial charge is 0.495 e. The fraction of sp³-hybridized carbons (Fsp3) is 0.375. The topological polar surface area (TPSA) is 58.6 Å². The van der Waals surface area contributed by atoms with Crippen LogP contribution in [0.3, 0.4) is 0 Å². The summed E-state index contributed by atoms with van der Waals surface area (Å²) in [5, 5.41) is 3.77. The Kier molecular flexibility index (Phi) is 4.07. The van der Waals surface area contributed by atoms with Gasteiger partial charge in [-0.15, -0.1) is 0 Å². The average Bonchev–Trinajstić information content (AvgIpc) is 2.76. The molecule has 1 fully saturated rings. The fourth-order valence-electron chi connectivity index (χ4n) is 3.01. The summed E-state index contributed by atoms with van der Waals surface area (Å²) in [6.45, 7) is 0.142. The quantitative estimate of drug-likeness (QED) is 0.866. The van der Waals surface area contributed by atoms with Crippen LogP contribution >= 0.6 is 11.6 Å². The number of carbonyl (C=O) groups is 2. The Morgan fingerprint density at radius 2 is 2.00 bits per heavy atom. The van der Waals surface area contributed by atoms with Crippen molar-refractivity contribution >= 4 is 29.1 Å². The number of hydrogen-bond donors (Lipinski definition) is 1. The number of carbonyl (C=O) groups excluding carboxylic acids is 2. The number of methoxy groups -OCH3 is 1. The van der Waals surface area contributed by atoms with Gasteiger partial charge in [0.15, 0.2) is 0 Å².